The molecule has 144 valence electrons. The first kappa shape index (κ1) is 17.9. The molecule has 0 unspecified atom stereocenters. The van der Waals surface area contributed by atoms with Crippen molar-refractivity contribution in [3.8, 4) is 0 Å². The van der Waals surface area contributed by atoms with E-state index in [0.29, 0.717) is 16.3 Å². The third-order valence-corrected chi connectivity index (χ3v) is 5.53. The van der Waals surface area contributed by atoms with Crippen LogP contribution >= 0.6 is 11.6 Å². The molecule has 3 aromatic carbocycles. The highest BCUT2D eigenvalue weighted by Gasteiger charge is 2.73. The SMILES string of the molecule is O=C1O[C@@H](c2ccccc2)O[C@@]12C(=O)N(c1ccccc1)[C@H]2c1ccc(Cl)cc1. The maximum Gasteiger partial charge on any atom is 0.353 e. The fourth-order valence-corrected chi connectivity index (χ4v) is 4.02. The number of hydrogen-bond acceptors (Lipinski definition) is 4. The Morgan fingerprint density at radius 2 is 1.41 bits per heavy atom. The lowest BCUT2D eigenvalue weighted by Gasteiger charge is -2.50. The van der Waals surface area contributed by atoms with E-state index >= 15 is 0 Å². The van der Waals surface area contributed by atoms with Crippen LogP contribution in [0.15, 0.2) is 84.9 Å². The summed E-state index contributed by atoms with van der Waals surface area (Å²) < 4.78 is 11.5. The minimum absolute atomic E-state index is 0.438. The molecule has 0 bridgehead atoms. The van der Waals surface area contributed by atoms with Crippen molar-refractivity contribution in [2.75, 3.05) is 4.90 Å². The van der Waals surface area contributed by atoms with E-state index in [-0.39, 0.29) is 0 Å². The van der Waals surface area contributed by atoms with Crippen molar-refractivity contribution in [1.82, 2.24) is 0 Å². The van der Waals surface area contributed by atoms with Gasteiger partial charge in [-0.2, -0.15) is 0 Å². The number of amides is 1. The molecule has 0 saturated carbocycles. The molecule has 1 amide bonds. The summed E-state index contributed by atoms with van der Waals surface area (Å²) in [5, 5.41) is 0.566. The molecule has 0 aliphatic carbocycles. The number of halogens is 1. The maximum absolute atomic E-state index is 13.3. The molecule has 1 spiro atoms. The molecular weight excluding hydrogens is 390 g/mol. The van der Waals surface area contributed by atoms with Crippen molar-refractivity contribution in [3.05, 3.63) is 101 Å². The first-order valence-electron chi connectivity index (χ1n) is 9.19. The van der Waals surface area contributed by atoms with Crippen LogP contribution in [-0.4, -0.2) is 17.5 Å². The zero-order chi connectivity index (χ0) is 20.0. The van der Waals surface area contributed by atoms with Crippen LogP contribution in [0.2, 0.25) is 5.02 Å². The van der Waals surface area contributed by atoms with E-state index in [1.165, 1.54) is 0 Å². The van der Waals surface area contributed by atoms with Gasteiger partial charge in [0.05, 0.1) is 0 Å². The number of cyclic esters (lactones) is 1. The van der Waals surface area contributed by atoms with E-state index in [0.717, 1.165) is 5.56 Å². The Balaban J connectivity index is 1.59. The van der Waals surface area contributed by atoms with Crippen molar-refractivity contribution < 1.29 is 19.1 Å². The van der Waals surface area contributed by atoms with Crippen molar-refractivity contribution in [2.45, 2.75) is 17.9 Å². The van der Waals surface area contributed by atoms with Crippen molar-refractivity contribution in [3.63, 3.8) is 0 Å². The van der Waals surface area contributed by atoms with Crippen molar-refractivity contribution in [1.29, 1.82) is 0 Å². The maximum atomic E-state index is 13.3. The number of ether oxygens (including phenoxy) is 2. The molecule has 5 rings (SSSR count). The third kappa shape index (κ3) is 2.66. The van der Waals surface area contributed by atoms with Crippen molar-refractivity contribution in [2.24, 2.45) is 0 Å². The van der Waals surface area contributed by atoms with E-state index in [9.17, 15) is 9.59 Å². The van der Waals surface area contributed by atoms with Crippen LogP contribution in [0, 0.1) is 0 Å². The molecule has 2 aliphatic heterocycles. The van der Waals surface area contributed by atoms with Gasteiger partial charge in [0, 0.05) is 16.3 Å². The van der Waals surface area contributed by atoms with E-state index < -0.39 is 29.8 Å². The molecule has 6 heteroatoms. The lowest BCUT2D eigenvalue weighted by Crippen LogP contribution is -2.71. The summed E-state index contributed by atoms with van der Waals surface area (Å²) in [4.78, 5) is 27.8. The van der Waals surface area contributed by atoms with E-state index in [1.54, 1.807) is 41.3 Å². The second kappa shape index (κ2) is 6.72. The van der Waals surface area contributed by atoms with Crippen LogP contribution in [-0.2, 0) is 19.1 Å². The van der Waals surface area contributed by atoms with E-state index in [4.69, 9.17) is 21.1 Å². The highest BCUT2D eigenvalue weighted by Crippen LogP contribution is 2.54. The van der Waals surface area contributed by atoms with Gasteiger partial charge in [0.1, 0.15) is 6.04 Å². The molecule has 0 N–H and O–H groups in total. The molecule has 2 fully saturated rings. The number of nitrogens with zero attached hydrogens (tertiary/aromatic N) is 1. The lowest BCUT2D eigenvalue weighted by molar-refractivity contribution is -0.168. The standard InChI is InChI=1S/C23H16ClNO4/c24-17-13-11-15(12-14-17)19-23(21(26)25(19)18-9-5-2-6-10-18)22(27)28-20(29-23)16-7-3-1-4-8-16/h1-14,19-20H/t19-,20+,23-/m0/s1. The molecule has 3 aromatic rings. The Bertz CT molecular complexity index is 1070. The largest absolute Gasteiger partial charge is 0.429 e. The van der Waals surface area contributed by atoms with Crippen LogP contribution in [0.3, 0.4) is 0 Å². The monoisotopic (exact) mass is 405 g/mol. The number of hydrogen-bond donors (Lipinski definition) is 0. The summed E-state index contributed by atoms with van der Waals surface area (Å²) in [5.41, 5.74) is 0.383. The molecule has 2 saturated heterocycles. The van der Waals surface area contributed by atoms with E-state index in [1.807, 2.05) is 48.5 Å². The average Bonchev–Trinajstić information content (AvgIpc) is 3.13. The molecular formula is C23H16ClNO4. The first-order valence-corrected chi connectivity index (χ1v) is 9.57. The van der Waals surface area contributed by atoms with Gasteiger partial charge in [-0.1, -0.05) is 72.3 Å². The Kier molecular flexibility index (Phi) is 4.15. The summed E-state index contributed by atoms with van der Waals surface area (Å²) >= 11 is 6.04. The fraction of sp³-hybridized carbons (Fsp3) is 0.130. The third-order valence-electron chi connectivity index (χ3n) is 5.28. The fourth-order valence-electron chi connectivity index (χ4n) is 3.90. The number of benzene rings is 3. The summed E-state index contributed by atoms with van der Waals surface area (Å²) in [6.45, 7) is 0. The van der Waals surface area contributed by atoms with Crippen LogP contribution in [0.25, 0.3) is 0 Å². The van der Waals surface area contributed by atoms with Gasteiger partial charge in [0.2, 0.25) is 6.29 Å². The topological polar surface area (TPSA) is 55.8 Å². The molecule has 0 aromatic heterocycles. The molecule has 3 atom stereocenters. The Morgan fingerprint density at radius 3 is 2.07 bits per heavy atom. The zero-order valence-corrected chi connectivity index (χ0v) is 16.0. The smallest absolute Gasteiger partial charge is 0.353 e. The molecule has 0 radical (unpaired) electrons. The summed E-state index contributed by atoms with van der Waals surface area (Å²) in [6, 6.07) is 24.7. The number of rotatable bonds is 3. The summed E-state index contributed by atoms with van der Waals surface area (Å²) in [7, 11) is 0. The lowest BCUT2D eigenvalue weighted by atomic mass is 9.77. The van der Waals surface area contributed by atoms with Gasteiger partial charge in [-0.25, -0.2) is 4.79 Å². The van der Waals surface area contributed by atoms with Gasteiger partial charge in [-0.3, -0.25) is 9.69 Å². The number of esters is 1. The predicted molar refractivity (Wildman–Crippen MR) is 107 cm³/mol. The average molecular weight is 406 g/mol. The minimum Gasteiger partial charge on any atom is -0.429 e. The van der Waals surface area contributed by atoms with Gasteiger partial charge in [-0.15, -0.1) is 0 Å². The van der Waals surface area contributed by atoms with Crippen LogP contribution in [0.4, 0.5) is 5.69 Å². The van der Waals surface area contributed by atoms with Crippen LogP contribution < -0.4 is 4.90 Å². The van der Waals surface area contributed by atoms with E-state index in [2.05, 4.69) is 0 Å². The second-order valence-electron chi connectivity index (χ2n) is 6.97. The number of carbonyl (C=O) groups excluding carboxylic acids is 2. The quantitative estimate of drug-likeness (QED) is 0.367. The predicted octanol–water partition coefficient (Wildman–Crippen LogP) is 4.44. The number of anilines is 1. The highest BCUT2D eigenvalue weighted by molar-refractivity contribution is 6.30. The van der Waals surface area contributed by atoms with Gasteiger partial charge in [0.15, 0.2) is 0 Å². The normalized spacial score (nSPS) is 25.8. The van der Waals surface area contributed by atoms with Gasteiger partial charge in [-0.05, 0) is 29.8 Å². The van der Waals surface area contributed by atoms with Gasteiger partial charge >= 0.3 is 5.97 Å². The molecule has 2 aliphatic rings. The molecule has 29 heavy (non-hydrogen) atoms. The Hall–Kier alpha value is -3.15. The van der Waals surface area contributed by atoms with Gasteiger partial charge < -0.3 is 9.47 Å². The molecule has 5 nitrogen and oxygen atoms in total. The second-order valence-corrected chi connectivity index (χ2v) is 7.40. The Morgan fingerprint density at radius 1 is 0.793 bits per heavy atom. The Labute approximate surface area is 172 Å². The van der Waals surface area contributed by atoms with Crippen molar-refractivity contribution >= 4 is 29.2 Å². The molecule has 2 heterocycles. The number of β-lactam (4-membered cyclic amide) rings is 1. The zero-order valence-electron chi connectivity index (χ0n) is 15.2. The summed E-state index contributed by atoms with van der Waals surface area (Å²) in [6.07, 6.45) is -0.930. The van der Waals surface area contributed by atoms with Gasteiger partial charge in [0.25, 0.3) is 11.5 Å². The summed E-state index contributed by atoms with van der Waals surface area (Å²) in [5.74, 6) is -1.12. The van der Waals surface area contributed by atoms with Crippen LogP contribution in [0.1, 0.15) is 23.5 Å². The number of carbonyl (C=O) groups is 2. The highest BCUT2D eigenvalue weighted by atomic mass is 35.5. The minimum atomic E-state index is -1.72. The number of para-hydroxylation sites is 1. The first-order chi connectivity index (χ1) is 14.1. The van der Waals surface area contributed by atoms with Crippen LogP contribution in [0.5, 0.6) is 0 Å².